The first kappa shape index (κ1) is 22.7. The first-order valence-corrected chi connectivity index (χ1v) is 12.2. The normalized spacial score (nSPS) is 20.9. The molecule has 1 aromatic heterocycles. The molecule has 0 bridgehead atoms. The van der Waals surface area contributed by atoms with Gasteiger partial charge in [0.05, 0.1) is 30.5 Å². The van der Waals surface area contributed by atoms with Gasteiger partial charge >= 0.3 is 6.09 Å². The fraction of sp³-hybridized carbons (Fsp3) is 0.423. The van der Waals surface area contributed by atoms with E-state index in [1.54, 1.807) is 30.5 Å². The number of rotatable bonds is 5. The first-order valence-electron chi connectivity index (χ1n) is 12.2. The summed E-state index contributed by atoms with van der Waals surface area (Å²) in [5.41, 5.74) is 0.614. The lowest BCUT2D eigenvalue weighted by molar-refractivity contribution is -0.0220. The number of piperidine rings is 1. The van der Waals surface area contributed by atoms with Crippen LogP contribution in [0, 0.1) is 0 Å². The number of hydrogen-bond donors (Lipinski definition) is 1. The maximum Gasteiger partial charge on any atom is 0.414 e. The van der Waals surface area contributed by atoms with Crippen LogP contribution in [0.15, 0.2) is 42.7 Å². The molecule has 36 heavy (non-hydrogen) atoms. The third-order valence-corrected chi connectivity index (χ3v) is 7.13. The largest absolute Gasteiger partial charge is 0.497 e. The van der Waals surface area contributed by atoms with E-state index in [1.807, 2.05) is 24.3 Å². The second kappa shape index (κ2) is 9.02. The van der Waals surface area contributed by atoms with Crippen molar-refractivity contribution in [3.05, 3.63) is 42.7 Å². The van der Waals surface area contributed by atoms with Crippen molar-refractivity contribution in [3.8, 4) is 17.2 Å². The summed E-state index contributed by atoms with van der Waals surface area (Å²) < 4.78 is 22.2. The van der Waals surface area contributed by atoms with Crippen LogP contribution in [0.5, 0.6) is 17.2 Å². The Kier molecular flexibility index (Phi) is 5.67. The summed E-state index contributed by atoms with van der Waals surface area (Å²) in [5, 5.41) is 12.3. The number of fused-ring (bicyclic) bond motifs is 2. The molecule has 6 rings (SSSR count). The van der Waals surface area contributed by atoms with Crippen LogP contribution in [-0.2, 0) is 4.74 Å². The van der Waals surface area contributed by atoms with Crippen LogP contribution in [0.2, 0.25) is 0 Å². The number of anilines is 2. The highest BCUT2D eigenvalue weighted by Gasteiger charge is 2.41. The molecule has 1 N–H and O–H groups in total. The molecule has 3 aromatic rings. The Bertz CT molecular complexity index is 1290. The van der Waals surface area contributed by atoms with Gasteiger partial charge in [0.2, 0.25) is 0 Å². The molecule has 10 nitrogen and oxygen atoms in total. The molecule has 0 spiro atoms. The highest BCUT2D eigenvalue weighted by atomic mass is 16.6. The van der Waals surface area contributed by atoms with Gasteiger partial charge in [0.1, 0.15) is 37.2 Å². The van der Waals surface area contributed by atoms with Crippen LogP contribution in [0.4, 0.5) is 16.3 Å². The van der Waals surface area contributed by atoms with E-state index >= 15 is 0 Å². The van der Waals surface area contributed by atoms with Gasteiger partial charge in [0.25, 0.3) is 0 Å². The number of methoxy groups -OCH3 is 1. The van der Waals surface area contributed by atoms with Gasteiger partial charge in [-0.1, -0.05) is 0 Å². The number of nitrogens with zero attached hydrogens (tertiary/aromatic N) is 4. The zero-order valence-corrected chi connectivity index (χ0v) is 20.1. The lowest BCUT2D eigenvalue weighted by Crippen LogP contribution is -2.47. The van der Waals surface area contributed by atoms with Gasteiger partial charge in [0.15, 0.2) is 11.5 Å². The Hall–Kier alpha value is -3.79. The van der Waals surface area contributed by atoms with Crippen LogP contribution in [0.25, 0.3) is 10.9 Å². The molecule has 1 unspecified atom stereocenters. The Morgan fingerprint density at radius 1 is 1.08 bits per heavy atom. The summed E-state index contributed by atoms with van der Waals surface area (Å²) >= 11 is 0. The van der Waals surface area contributed by atoms with Gasteiger partial charge in [-0.3, -0.25) is 4.90 Å². The van der Waals surface area contributed by atoms with E-state index in [1.165, 1.54) is 0 Å². The van der Waals surface area contributed by atoms with E-state index in [0.29, 0.717) is 69.3 Å². The molecule has 10 heteroatoms. The van der Waals surface area contributed by atoms with Gasteiger partial charge in [0, 0.05) is 31.0 Å². The monoisotopic (exact) mass is 492 g/mol. The van der Waals surface area contributed by atoms with Crippen molar-refractivity contribution in [2.75, 3.05) is 49.8 Å². The molecular formula is C26H28N4O6. The standard InChI is InChI=1S/C26H28N4O6/c1-33-18-3-4-21-20(13-18)24(28-16-27-21)29-8-6-26(32,7-9-29)14-19-15-30(25(31)36-19)17-2-5-22-23(12-17)35-11-10-34-22/h2-5,12-13,16,19,32H,6-11,14-15H2,1H3. The van der Waals surface area contributed by atoms with Crippen molar-refractivity contribution >= 4 is 28.5 Å². The Morgan fingerprint density at radius 2 is 1.89 bits per heavy atom. The minimum atomic E-state index is -0.926. The van der Waals surface area contributed by atoms with Crippen LogP contribution in [0.1, 0.15) is 19.3 Å². The van der Waals surface area contributed by atoms with Crippen LogP contribution in [-0.4, -0.2) is 72.8 Å². The number of amides is 1. The summed E-state index contributed by atoms with van der Waals surface area (Å²) in [4.78, 5) is 25.3. The first-order chi connectivity index (χ1) is 17.5. The van der Waals surface area contributed by atoms with Gasteiger partial charge in [-0.15, -0.1) is 0 Å². The minimum absolute atomic E-state index is 0.376. The van der Waals surface area contributed by atoms with Crippen molar-refractivity contribution in [2.24, 2.45) is 0 Å². The zero-order valence-electron chi connectivity index (χ0n) is 20.1. The molecule has 1 atom stereocenters. The summed E-state index contributed by atoms with van der Waals surface area (Å²) in [7, 11) is 1.64. The number of aliphatic hydroxyl groups is 1. The second-order valence-corrected chi connectivity index (χ2v) is 9.44. The number of cyclic esters (lactones) is 1. The fourth-order valence-electron chi connectivity index (χ4n) is 5.20. The quantitative estimate of drug-likeness (QED) is 0.575. The van der Waals surface area contributed by atoms with E-state index in [9.17, 15) is 9.90 Å². The van der Waals surface area contributed by atoms with Crippen LogP contribution >= 0.6 is 0 Å². The van der Waals surface area contributed by atoms with Gasteiger partial charge in [-0.2, -0.15) is 0 Å². The lowest BCUT2D eigenvalue weighted by Gasteiger charge is -2.39. The molecule has 188 valence electrons. The molecule has 0 saturated carbocycles. The molecule has 3 aliphatic rings. The number of hydrogen-bond acceptors (Lipinski definition) is 9. The van der Waals surface area contributed by atoms with Crippen molar-refractivity contribution in [1.82, 2.24) is 9.97 Å². The SMILES string of the molecule is COc1ccc2ncnc(N3CCC(O)(CC4CN(c5ccc6c(c5)OCCO6)C(=O)O4)CC3)c2c1. The maximum absolute atomic E-state index is 12.6. The molecule has 3 aliphatic heterocycles. The van der Waals surface area contributed by atoms with E-state index < -0.39 is 17.8 Å². The van der Waals surface area contributed by atoms with Crippen molar-refractivity contribution in [3.63, 3.8) is 0 Å². The topological polar surface area (TPSA) is 106 Å². The Balaban J connectivity index is 1.12. The van der Waals surface area contributed by atoms with Crippen molar-refractivity contribution < 1.29 is 28.8 Å². The van der Waals surface area contributed by atoms with E-state index in [-0.39, 0.29) is 0 Å². The maximum atomic E-state index is 12.6. The molecule has 0 aliphatic carbocycles. The zero-order chi connectivity index (χ0) is 24.7. The summed E-state index contributed by atoms with van der Waals surface area (Å²) in [6.45, 7) is 2.63. The number of benzene rings is 2. The molecule has 2 saturated heterocycles. The van der Waals surface area contributed by atoms with E-state index in [0.717, 1.165) is 22.5 Å². The highest BCUT2D eigenvalue weighted by Crippen LogP contribution is 2.38. The molecule has 2 aromatic carbocycles. The second-order valence-electron chi connectivity index (χ2n) is 9.44. The Labute approximate surface area is 208 Å². The third-order valence-electron chi connectivity index (χ3n) is 7.13. The molecule has 0 radical (unpaired) electrons. The highest BCUT2D eigenvalue weighted by molar-refractivity contribution is 5.91. The smallest absolute Gasteiger partial charge is 0.414 e. The average molecular weight is 493 g/mol. The van der Waals surface area contributed by atoms with Gasteiger partial charge in [-0.25, -0.2) is 14.8 Å². The number of carbonyl (C=O) groups excluding carboxylic acids is 1. The summed E-state index contributed by atoms with van der Waals surface area (Å²) in [5.74, 6) is 2.87. The predicted molar refractivity (Wildman–Crippen MR) is 132 cm³/mol. The van der Waals surface area contributed by atoms with Crippen molar-refractivity contribution in [2.45, 2.75) is 31.0 Å². The summed E-state index contributed by atoms with van der Waals surface area (Å²) in [6, 6.07) is 11.2. The number of aromatic nitrogens is 2. The number of carbonyl (C=O) groups is 1. The fourth-order valence-corrected chi connectivity index (χ4v) is 5.20. The molecule has 1 amide bonds. The molecular weight excluding hydrogens is 464 g/mol. The van der Waals surface area contributed by atoms with Gasteiger partial charge < -0.3 is 29.0 Å². The number of ether oxygens (including phenoxy) is 4. The van der Waals surface area contributed by atoms with E-state index in [2.05, 4.69) is 14.9 Å². The minimum Gasteiger partial charge on any atom is -0.497 e. The van der Waals surface area contributed by atoms with Gasteiger partial charge in [-0.05, 0) is 43.2 Å². The Morgan fingerprint density at radius 3 is 2.69 bits per heavy atom. The molecule has 4 heterocycles. The average Bonchev–Trinajstić information content (AvgIpc) is 3.27. The van der Waals surface area contributed by atoms with Crippen LogP contribution < -0.4 is 24.0 Å². The summed E-state index contributed by atoms with van der Waals surface area (Å²) in [6.07, 6.45) is 2.22. The lowest BCUT2D eigenvalue weighted by atomic mass is 9.86. The van der Waals surface area contributed by atoms with Crippen molar-refractivity contribution in [1.29, 1.82) is 0 Å². The third kappa shape index (κ3) is 4.21. The van der Waals surface area contributed by atoms with Crippen LogP contribution in [0.3, 0.4) is 0 Å². The predicted octanol–water partition coefficient (Wildman–Crippen LogP) is 3.16. The van der Waals surface area contributed by atoms with E-state index in [4.69, 9.17) is 18.9 Å². The molecule has 2 fully saturated rings.